The summed E-state index contributed by atoms with van der Waals surface area (Å²) in [5, 5.41) is 0. The number of ether oxygens (including phenoxy) is 7. The summed E-state index contributed by atoms with van der Waals surface area (Å²) >= 11 is 0. The fourth-order valence-corrected chi connectivity index (χ4v) is 4.58. The van der Waals surface area contributed by atoms with Crippen molar-refractivity contribution >= 4 is 0 Å². The molecule has 0 N–H and O–H groups in total. The van der Waals surface area contributed by atoms with Gasteiger partial charge in [0, 0.05) is 11.8 Å². The monoisotopic (exact) mass is 400 g/mol. The molecule has 0 radical (unpaired) electrons. The van der Waals surface area contributed by atoms with Gasteiger partial charge in [-0.25, -0.2) is 0 Å². The molecule has 4 atom stereocenters. The lowest BCUT2D eigenvalue weighted by atomic mass is 9.85. The van der Waals surface area contributed by atoms with E-state index >= 15 is 0 Å². The molecule has 154 valence electrons. The first-order valence-corrected chi connectivity index (χ1v) is 9.66. The Morgan fingerprint density at radius 3 is 2.07 bits per heavy atom. The summed E-state index contributed by atoms with van der Waals surface area (Å²) in [7, 11) is 4.90. The highest BCUT2D eigenvalue weighted by atomic mass is 16.7. The predicted octanol–water partition coefficient (Wildman–Crippen LogP) is 3.52. The van der Waals surface area contributed by atoms with Crippen molar-refractivity contribution in [2.75, 3.05) is 41.3 Å². The van der Waals surface area contributed by atoms with E-state index in [4.69, 9.17) is 33.2 Å². The Labute approximate surface area is 169 Å². The molecule has 2 fully saturated rings. The van der Waals surface area contributed by atoms with E-state index < -0.39 is 0 Å². The van der Waals surface area contributed by atoms with Crippen LogP contribution in [-0.2, 0) is 9.47 Å². The summed E-state index contributed by atoms with van der Waals surface area (Å²) in [6, 6.07) is 9.90. The van der Waals surface area contributed by atoms with Crippen LogP contribution < -0.4 is 23.7 Å². The van der Waals surface area contributed by atoms with Crippen LogP contribution in [0, 0.1) is 11.8 Å². The Morgan fingerprint density at radius 1 is 0.724 bits per heavy atom. The summed E-state index contributed by atoms with van der Waals surface area (Å²) in [5.41, 5.74) is 2.10. The van der Waals surface area contributed by atoms with Gasteiger partial charge in [-0.15, -0.1) is 0 Å². The van der Waals surface area contributed by atoms with E-state index in [9.17, 15) is 0 Å². The van der Waals surface area contributed by atoms with Gasteiger partial charge < -0.3 is 33.2 Å². The van der Waals surface area contributed by atoms with Gasteiger partial charge >= 0.3 is 0 Å². The summed E-state index contributed by atoms with van der Waals surface area (Å²) in [4.78, 5) is 0. The van der Waals surface area contributed by atoms with Gasteiger partial charge in [-0.3, -0.25) is 0 Å². The van der Waals surface area contributed by atoms with Gasteiger partial charge in [-0.1, -0.05) is 6.07 Å². The molecule has 7 heteroatoms. The Morgan fingerprint density at radius 2 is 1.38 bits per heavy atom. The maximum absolute atomic E-state index is 6.23. The van der Waals surface area contributed by atoms with E-state index in [2.05, 4.69) is 0 Å². The van der Waals surface area contributed by atoms with Gasteiger partial charge in [0.2, 0.25) is 12.5 Å². The molecule has 0 unspecified atom stereocenters. The molecule has 3 aliphatic rings. The van der Waals surface area contributed by atoms with E-state index in [1.807, 2.05) is 30.3 Å². The molecule has 3 heterocycles. The highest BCUT2D eigenvalue weighted by molar-refractivity contribution is 5.55. The molecular weight excluding hydrogens is 376 g/mol. The first-order chi connectivity index (χ1) is 14.2. The van der Waals surface area contributed by atoms with Crippen LogP contribution >= 0.6 is 0 Å². The van der Waals surface area contributed by atoms with Crippen LogP contribution in [0.1, 0.15) is 23.3 Å². The third-order valence-corrected chi connectivity index (χ3v) is 6.01. The van der Waals surface area contributed by atoms with Gasteiger partial charge in [0.1, 0.15) is 0 Å². The molecule has 0 spiro atoms. The van der Waals surface area contributed by atoms with Crippen molar-refractivity contribution in [3.8, 4) is 28.7 Å². The lowest BCUT2D eigenvalue weighted by Crippen LogP contribution is -2.14. The minimum absolute atomic E-state index is 0.0410. The van der Waals surface area contributed by atoms with E-state index in [-0.39, 0.29) is 30.8 Å². The lowest BCUT2D eigenvalue weighted by molar-refractivity contribution is 0.0191. The minimum Gasteiger partial charge on any atom is -0.493 e. The van der Waals surface area contributed by atoms with E-state index in [0.29, 0.717) is 42.0 Å². The van der Waals surface area contributed by atoms with E-state index in [1.165, 1.54) is 0 Å². The van der Waals surface area contributed by atoms with Crippen molar-refractivity contribution < 1.29 is 33.2 Å². The molecule has 0 saturated carbocycles. The van der Waals surface area contributed by atoms with Crippen LogP contribution in [-0.4, -0.2) is 41.3 Å². The molecule has 3 aliphatic heterocycles. The second-order valence-electron chi connectivity index (χ2n) is 7.41. The maximum Gasteiger partial charge on any atom is 0.231 e. The molecule has 2 saturated heterocycles. The Balaban J connectivity index is 1.41. The number of rotatable bonds is 5. The number of hydrogen-bond acceptors (Lipinski definition) is 7. The normalized spacial score (nSPS) is 27.0. The van der Waals surface area contributed by atoms with Gasteiger partial charge in [0.05, 0.1) is 46.8 Å². The lowest BCUT2D eigenvalue weighted by Gasteiger charge is -2.18. The molecule has 0 aromatic heterocycles. The molecule has 0 bridgehead atoms. The summed E-state index contributed by atoms with van der Waals surface area (Å²) in [5.74, 6) is 3.93. The van der Waals surface area contributed by atoms with Crippen LogP contribution in [0.4, 0.5) is 0 Å². The van der Waals surface area contributed by atoms with Crippen LogP contribution in [0.3, 0.4) is 0 Å². The Bertz CT molecular complexity index is 912. The van der Waals surface area contributed by atoms with Crippen LogP contribution in [0.2, 0.25) is 0 Å². The molecule has 0 aliphatic carbocycles. The van der Waals surface area contributed by atoms with Gasteiger partial charge in [0.25, 0.3) is 0 Å². The van der Waals surface area contributed by atoms with Gasteiger partial charge in [0.15, 0.2) is 23.0 Å². The first kappa shape index (κ1) is 18.4. The van der Waals surface area contributed by atoms with Crippen molar-refractivity contribution in [2.45, 2.75) is 12.2 Å². The number of benzene rings is 2. The zero-order chi connectivity index (χ0) is 20.0. The SMILES string of the molecule is COc1ccc([C@H]2OC[C@@H]3[C@@H]2CO[C@@H]3c2cc(OC)c3c(c2)OCO3)cc1OC. The van der Waals surface area contributed by atoms with Crippen LogP contribution in [0.15, 0.2) is 30.3 Å². The number of methoxy groups -OCH3 is 3. The van der Waals surface area contributed by atoms with Crippen molar-refractivity contribution in [3.05, 3.63) is 41.5 Å². The molecule has 2 aromatic carbocycles. The minimum atomic E-state index is -0.0754. The Hall–Kier alpha value is -2.64. The zero-order valence-electron chi connectivity index (χ0n) is 16.7. The smallest absolute Gasteiger partial charge is 0.231 e. The fraction of sp³-hybridized carbons (Fsp3) is 0.455. The van der Waals surface area contributed by atoms with Crippen molar-refractivity contribution in [1.29, 1.82) is 0 Å². The fourth-order valence-electron chi connectivity index (χ4n) is 4.58. The molecule has 0 amide bonds. The summed E-state index contributed by atoms with van der Waals surface area (Å²) in [6.07, 6.45) is -0.116. The summed E-state index contributed by atoms with van der Waals surface area (Å²) < 4.78 is 39.8. The van der Waals surface area contributed by atoms with Crippen molar-refractivity contribution in [3.63, 3.8) is 0 Å². The second kappa shape index (κ2) is 7.31. The molecule has 7 nitrogen and oxygen atoms in total. The summed E-state index contributed by atoms with van der Waals surface area (Å²) in [6.45, 7) is 1.47. The number of fused-ring (bicyclic) bond motifs is 2. The quantitative estimate of drug-likeness (QED) is 0.761. The zero-order valence-corrected chi connectivity index (χ0v) is 16.7. The predicted molar refractivity (Wildman–Crippen MR) is 103 cm³/mol. The molecular formula is C22H24O7. The third kappa shape index (κ3) is 2.96. The standard InChI is InChI=1S/C22H24O7/c1-23-16-5-4-12(6-17(16)24-2)20-14-9-27-21(15(14)10-26-20)13-7-18(25-3)22-19(8-13)28-11-29-22/h4-8,14-15,20-21H,9-11H2,1-3H3/t14-,15+,20+,21+/m0/s1. The third-order valence-electron chi connectivity index (χ3n) is 6.01. The molecule has 2 aromatic rings. The largest absolute Gasteiger partial charge is 0.493 e. The van der Waals surface area contributed by atoms with E-state index in [1.54, 1.807) is 21.3 Å². The average molecular weight is 400 g/mol. The van der Waals surface area contributed by atoms with E-state index in [0.717, 1.165) is 11.1 Å². The second-order valence-corrected chi connectivity index (χ2v) is 7.41. The highest BCUT2D eigenvalue weighted by Gasteiger charge is 2.48. The van der Waals surface area contributed by atoms with Crippen molar-refractivity contribution in [1.82, 2.24) is 0 Å². The molecule has 5 rings (SSSR count). The first-order valence-electron chi connectivity index (χ1n) is 9.66. The molecule has 29 heavy (non-hydrogen) atoms. The van der Waals surface area contributed by atoms with Crippen molar-refractivity contribution in [2.24, 2.45) is 11.8 Å². The average Bonchev–Trinajstić information content (AvgIpc) is 3.48. The highest BCUT2D eigenvalue weighted by Crippen LogP contribution is 2.53. The Kier molecular flexibility index (Phi) is 4.64. The van der Waals surface area contributed by atoms with Gasteiger partial charge in [-0.05, 0) is 35.4 Å². The topological polar surface area (TPSA) is 64.6 Å². The maximum atomic E-state index is 6.23. The van der Waals surface area contributed by atoms with Gasteiger partial charge in [-0.2, -0.15) is 0 Å². The van der Waals surface area contributed by atoms with Crippen LogP contribution in [0.25, 0.3) is 0 Å². The van der Waals surface area contributed by atoms with Crippen LogP contribution in [0.5, 0.6) is 28.7 Å². The number of hydrogen-bond donors (Lipinski definition) is 0.